The SMILES string of the molecule is CNC(=S)NCCN(C)c1c[nH]c(C)n1. The van der Waals surface area contributed by atoms with Crippen LogP contribution in [-0.2, 0) is 0 Å². The van der Waals surface area contributed by atoms with Gasteiger partial charge in [-0.15, -0.1) is 0 Å². The molecular formula is C9H17N5S. The molecule has 0 amide bonds. The van der Waals surface area contributed by atoms with Crippen LogP contribution in [0.4, 0.5) is 5.82 Å². The number of aromatic amines is 1. The Labute approximate surface area is 95.3 Å². The van der Waals surface area contributed by atoms with Crippen molar-refractivity contribution in [2.24, 2.45) is 0 Å². The maximum Gasteiger partial charge on any atom is 0.166 e. The molecule has 1 aromatic rings. The molecule has 0 spiro atoms. The van der Waals surface area contributed by atoms with Gasteiger partial charge in [-0.3, -0.25) is 0 Å². The van der Waals surface area contributed by atoms with Gasteiger partial charge in [-0.05, 0) is 19.1 Å². The van der Waals surface area contributed by atoms with Crippen molar-refractivity contribution < 1.29 is 0 Å². The van der Waals surface area contributed by atoms with Crippen molar-refractivity contribution in [1.82, 2.24) is 20.6 Å². The van der Waals surface area contributed by atoms with Gasteiger partial charge >= 0.3 is 0 Å². The summed E-state index contributed by atoms with van der Waals surface area (Å²) in [6.45, 7) is 3.58. The number of H-pyrrole nitrogens is 1. The summed E-state index contributed by atoms with van der Waals surface area (Å²) in [5, 5.41) is 6.61. The Morgan fingerprint density at radius 1 is 1.67 bits per heavy atom. The van der Waals surface area contributed by atoms with Crippen LogP contribution in [0.3, 0.4) is 0 Å². The third kappa shape index (κ3) is 3.75. The first-order valence-electron chi connectivity index (χ1n) is 4.82. The largest absolute Gasteiger partial charge is 0.366 e. The normalized spacial score (nSPS) is 9.80. The average Bonchev–Trinajstić information content (AvgIpc) is 2.64. The Balaban J connectivity index is 2.30. The third-order valence-corrected chi connectivity index (χ3v) is 2.39. The highest BCUT2D eigenvalue weighted by Gasteiger charge is 2.03. The summed E-state index contributed by atoms with van der Waals surface area (Å²) in [7, 11) is 3.80. The van der Waals surface area contributed by atoms with Gasteiger partial charge in [0, 0.05) is 33.4 Å². The number of imidazole rings is 1. The molecule has 3 N–H and O–H groups in total. The fourth-order valence-corrected chi connectivity index (χ4v) is 1.24. The van der Waals surface area contributed by atoms with E-state index in [1.807, 2.05) is 20.2 Å². The number of nitrogens with one attached hydrogen (secondary N) is 3. The maximum absolute atomic E-state index is 4.97. The molecule has 0 aliphatic heterocycles. The van der Waals surface area contributed by atoms with Crippen LogP contribution in [0.15, 0.2) is 6.20 Å². The number of aryl methyl sites for hydroxylation is 1. The topological polar surface area (TPSA) is 56.0 Å². The molecule has 1 heterocycles. The molecule has 0 fully saturated rings. The smallest absolute Gasteiger partial charge is 0.166 e. The van der Waals surface area contributed by atoms with Gasteiger partial charge in [0.1, 0.15) is 11.6 Å². The van der Waals surface area contributed by atoms with Crippen molar-refractivity contribution in [2.75, 3.05) is 32.1 Å². The van der Waals surface area contributed by atoms with Gasteiger partial charge in [0.25, 0.3) is 0 Å². The Morgan fingerprint density at radius 2 is 2.40 bits per heavy atom. The van der Waals surface area contributed by atoms with E-state index in [1.165, 1.54) is 0 Å². The molecule has 0 unspecified atom stereocenters. The fourth-order valence-electron chi connectivity index (χ4n) is 1.14. The lowest BCUT2D eigenvalue weighted by molar-refractivity contribution is 0.806. The van der Waals surface area contributed by atoms with Gasteiger partial charge in [-0.2, -0.15) is 0 Å². The summed E-state index contributed by atoms with van der Waals surface area (Å²) >= 11 is 4.97. The average molecular weight is 227 g/mol. The van der Waals surface area contributed by atoms with Crippen molar-refractivity contribution in [3.8, 4) is 0 Å². The standard InChI is InChI=1S/C9H17N5S/c1-7-12-6-8(13-7)14(3)5-4-11-9(15)10-2/h6H,4-5H2,1-3H3,(H,12,13)(H2,10,11,15). The lowest BCUT2D eigenvalue weighted by atomic mass is 10.5. The Bertz CT molecular complexity index is 322. The zero-order valence-corrected chi connectivity index (χ0v) is 10.1. The van der Waals surface area contributed by atoms with Crippen LogP contribution < -0.4 is 15.5 Å². The highest BCUT2D eigenvalue weighted by molar-refractivity contribution is 7.80. The molecule has 0 atom stereocenters. The first kappa shape index (κ1) is 11.8. The van der Waals surface area contributed by atoms with E-state index in [0.29, 0.717) is 5.11 Å². The minimum atomic E-state index is 0.668. The van der Waals surface area contributed by atoms with Gasteiger partial charge < -0.3 is 20.5 Å². The number of rotatable bonds is 4. The van der Waals surface area contributed by atoms with E-state index >= 15 is 0 Å². The van der Waals surface area contributed by atoms with Crippen LogP contribution in [-0.4, -0.2) is 42.3 Å². The number of thiocarbonyl (C=S) groups is 1. The highest BCUT2D eigenvalue weighted by Crippen LogP contribution is 2.06. The first-order chi connectivity index (χ1) is 7.13. The lowest BCUT2D eigenvalue weighted by Crippen LogP contribution is -2.37. The number of aromatic nitrogens is 2. The fraction of sp³-hybridized carbons (Fsp3) is 0.556. The Hall–Kier alpha value is -1.30. The number of anilines is 1. The number of likely N-dealkylation sites (N-methyl/N-ethyl adjacent to an activating group) is 1. The quantitative estimate of drug-likeness (QED) is 0.644. The van der Waals surface area contributed by atoms with Gasteiger partial charge in [0.2, 0.25) is 0 Å². The van der Waals surface area contributed by atoms with Crippen LogP contribution >= 0.6 is 12.2 Å². The summed E-state index contributed by atoms with van der Waals surface area (Å²) in [6, 6.07) is 0. The molecule has 0 aliphatic carbocycles. The molecule has 0 saturated heterocycles. The van der Waals surface area contributed by atoms with Crippen molar-refractivity contribution >= 4 is 23.1 Å². The van der Waals surface area contributed by atoms with Crippen LogP contribution in [0.2, 0.25) is 0 Å². The van der Waals surface area contributed by atoms with Gasteiger partial charge in [0.15, 0.2) is 5.11 Å². The molecule has 0 saturated carbocycles. The zero-order valence-electron chi connectivity index (χ0n) is 9.29. The zero-order chi connectivity index (χ0) is 11.3. The molecule has 0 aromatic carbocycles. The summed E-state index contributed by atoms with van der Waals surface area (Å²) in [5.41, 5.74) is 0. The molecule has 0 aliphatic rings. The van der Waals surface area contributed by atoms with Crippen LogP contribution in [0.1, 0.15) is 5.82 Å². The van der Waals surface area contributed by atoms with Crippen molar-refractivity contribution in [3.05, 3.63) is 12.0 Å². The predicted molar refractivity (Wildman–Crippen MR) is 66.3 cm³/mol. The van der Waals surface area contributed by atoms with Gasteiger partial charge in [0.05, 0.1) is 0 Å². The van der Waals surface area contributed by atoms with Gasteiger partial charge in [-0.25, -0.2) is 4.98 Å². The Kier molecular flexibility index (Phi) is 4.36. The van der Waals surface area contributed by atoms with E-state index < -0.39 is 0 Å². The highest BCUT2D eigenvalue weighted by atomic mass is 32.1. The van der Waals surface area contributed by atoms with Crippen LogP contribution in [0.5, 0.6) is 0 Å². The number of hydrogen-bond donors (Lipinski definition) is 3. The molecular weight excluding hydrogens is 210 g/mol. The van der Waals surface area contributed by atoms with E-state index in [-0.39, 0.29) is 0 Å². The molecule has 15 heavy (non-hydrogen) atoms. The number of nitrogens with zero attached hydrogens (tertiary/aromatic N) is 2. The molecule has 6 heteroatoms. The Morgan fingerprint density at radius 3 is 2.93 bits per heavy atom. The van der Waals surface area contributed by atoms with Crippen molar-refractivity contribution in [2.45, 2.75) is 6.92 Å². The molecule has 0 bridgehead atoms. The molecule has 1 rings (SSSR count). The predicted octanol–water partition coefficient (Wildman–Crippen LogP) is 0.248. The summed E-state index contributed by atoms with van der Waals surface area (Å²) in [5.74, 6) is 1.88. The second-order valence-electron chi connectivity index (χ2n) is 3.27. The van der Waals surface area contributed by atoms with Gasteiger partial charge in [-0.1, -0.05) is 0 Å². The second-order valence-corrected chi connectivity index (χ2v) is 3.68. The molecule has 5 nitrogen and oxygen atoms in total. The van der Waals surface area contributed by atoms with Crippen LogP contribution in [0.25, 0.3) is 0 Å². The molecule has 1 aromatic heterocycles. The van der Waals surface area contributed by atoms with Crippen molar-refractivity contribution in [3.63, 3.8) is 0 Å². The van der Waals surface area contributed by atoms with E-state index in [2.05, 4.69) is 25.5 Å². The third-order valence-electron chi connectivity index (χ3n) is 2.04. The summed E-state index contributed by atoms with van der Waals surface area (Å²) < 4.78 is 0. The minimum Gasteiger partial charge on any atom is -0.366 e. The number of hydrogen-bond acceptors (Lipinski definition) is 3. The lowest BCUT2D eigenvalue weighted by Gasteiger charge is -2.16. The minimum absolute atomic E-state index is 0.668. The summed E-state index contributed by atoms with van der Waals surface area (Å²) in [4.78, 5) is 9.44. The van der Waals surface area contributed by atoms with E-state index in [4.69, 9.17) is 12.2 Å². The van der Waals surface area contributed by atoms with E-state index in [1.54, 1.807) is 7.05 Å². The molecule has 84 valence electrons. The first-order valence-corrected chi connectivity index (χ1v) is 5.23. The van der Waals surface area contributed by atoms with E-state index in [0.717, 1.165) is 24.7 Å². The maximum atomic E-state index is 4.97. The molecule has 0 radical (unpaired) electrons. The van der Waals surface area contributed by atoms with Crippen molar-refractivity contribution in [1.29, 1.82) is 0 Å². The van der Waals surface area contributed by atoms with E-state index in [9.17, 15) is 0 Å². The van der Waals surface area contributed by atoms with Crippen LogP contribution in [0, 0.1) is 6.92 Å². The monoisotopic (exact) mass is 227 g/mol. The second kappa shape index (κ2) is 5.55. The summed E-state index contributed by atoms with van der Waals surface area (Å²) in [6.07, 6.45) is 1.89.